The zero-order valence-corrected chi connectivity index (χ0v) is 13.7. The Morgan fingerprint density at radius 3 is 2.64 bits per heavy atom. The Bertz CT molecular complexity index is 518. The summed E-state index contributed by atoms with van der Waals surface area (Å²) in [4.78, 5) is 12.5. The lowest BCUT2D eigenvalue weighted by atomic mass is 9.44. The molecule has 4 aliphatic carbocycles. The maximum Gasteiger partial charge on any atom is 0.144 e. The number of Topliss-reactive ketones (excluding diaryl/α,β-unsaturated/α-hetero) is 1. The van der Waals surface area contributed by atoms with Crippen LogP contribution in [0.3, 0.4) is 0 Å². The van der Waals surface area contributed by atoms with Crippen molar-refractivity contribution in [3.63, 3.8) is 0 Å². The summed E-state index contributed by atoms with van der Waals surface area (Å²) in [7, 11) is 0. The molecule has 22 heavy (non-hydrogen) atoms. The van der Waals surface area contributed by atoms with E-state index in [-0.39, 0.29) is 5.41 Å². The first-order chi connectivity index (χ1) is 10.5. The molecule has 4 aliphatic rings. The van der Waals surface area contributed by atoms with E-state index in [4.69, 9.17) is 5.41 Å². The summed E-state index contributed by atoms with van der Waals surface area (Å²) in [5.41, 5.74) is -0.880. The molecular weight excluding hydrogens is 274 g/mol. The SMILES string of the molecule is C[C@]12CCCC[C@]1(O)CC[C@H]1[C@@H]3CCC(=O)[C@@]3(C=N)CC[C@@H]12. The van der Waals surface area contributed by atoms with Gasteiger partial charge < -0.3 is 10.5 Å². The van der Waals surface area contributed by atoms with Crippen LogP contribution in [0.5, 0.6) is 0 Å². The van der Waals surface area contributed by atoms with Crippen molar-refractivity contribution >= 4 is 12.0 Å². The number of aliphatic hydroxyl groups is 1. The second-order valence-electron chi connectivity index (χ2n) is 8.76. The molecule has 3 nitrogen and oxygen atoms in total. The predicted molar refractivity (Wildman–Crippen MR) is 85.9 cm³/mol. The molecule has 4 fully saturated rings. The van der Waals surface area contributed by atoms with Crippen molar-refractivity contribution in [1.82, 2.24) is 0 Å². The summed E-state index contributed by atoms with van der Waals surface area (Å²) in [5, 5.41) is 19.2. The van der Waals surface area contributed by atoms with Crippen LogP contribution in [0, 0.1) is 34.0 Å². The number of hydrogen-bond donors (Lipinski definition) is 2. The Morgan fingerprint density at radius 1 is 1.09 bits per heavy atom. The fourth-order valence-electron chi connectivity index (χ4n) is 7.02. The van der Waals surface area contributed by atoms with Crippen LogP contribution in [0.4, 0.5) is 0 Å². The molecule has 0 unspecified atom stereocenters. The Labute approximate surface area is 133 Å². The fraction of sp³-hybridized carbons (Fsp3) is 0.895. The van der Waals surface area contributed by atoms with E-state index in [1.165, 1.54) is 12.6 Å². The molecule has 0 heterocycles. The van der Waals surface area contributed by atoms with Crippen LogP contribution in [-0.4, -0.2) is 22.7 Å². The third-order valence-corrected chi connectivity index (χ3v) is 8.33. The van der Waals surface area contributed by atoms with Crippen molar-refractivity contribution in [3.8, 4) is 0 Å². The van der Waals surface area contributed by atoms with E-state index in [1.54, 1.807) is 0 Å². The van der Waals surface area contributed by atoms with Gasteiger partial charge in [0, 0.05) is 12.6 Å². The van der Waals surface area contributed by atoms with Crippen molar-refractivity contribution in [3.05, 3.63) is 0 Å². The zero-order chi connectivity index (χ0) is 15.6. The average Bonchev–Trinajstić information content (AvgIpc) is 2.86. The molecule has 0 aromatic heterocycles. The lowest BCUT2D eigenvalue weighted by Gasteiger charge is -2.62. The molecule has 6 atom stereocenters. The molecular formula is C19H29NO2. The van der Waals surface area contributed by atoms with Crippen LogP contribution < -0.4 is 0 Å². The minimum Gasteiger partial charge on any atom is -0.389 e. The molecule has 0 bridgehead atoms. The lowest BCUT2D eigenvalue weighted by Crippen LogP contribution is -2.61. The molecule has 0 aromatic rings. The Hall–Kier alpha value is -0.700. The first kappa shape index (κ1) is 14.9. The number of nitrogens with one attached hydrogen (secondary N) is 1. The first-order valence-electron chi connectivity index (χ1n) is 9.24. The zero-order valence-electron chi connectivity index (χ0n) is 13.7. The minimum atomic E-state index is -0.473. The first-order valence-corrected chi connectivity index (χ1v) is 9.24. The molecule has 4 rings (SSSR count). The number of fused-ring (bicyclic) bond motifs is 5. The molecule has 4 saturated carbocycles. The largest absolute Gasteiger partial charge is 0.389 e. The summed E-state index contributed by atoms with van der Waals surface area (Å²) in [6, 6.07) is 0. The van der Waals surface area contributed by atoms with Gasteiger partial charge in [0.15, 0.2) is 0 Å². The normalized spacial score (nSPS) is 54.3. The smallest absolute Gasteiger partial charge is 0.144 e. The number of rotatable bonds is 1. The molecule has 0 radical (unpaired) electrons. The number of ketones is 1. The molecule has 3 heteroatoms. The quantitative estimate of drug-likeness (QED) is 0.725. The van der Waals surface area contributed by atoms with Crippen LogP contribution >= 0.6 is 0 Å². The molecule has 0 amide bonds. The molecule has 0 aliphatic heterocycles. The van der Waals surface area contributed by atoms with Crippen molar-refractivity contribution in [2.24, 2.45) is 28.6 Å². The van der Waals surface area contributed by atoms with Gasteiger partial charge in [-0.25, -0.2) is 0 Å². The van der Waals surface area contributed by atoms with Gasteiger partial charge in [0.1, 0.15) is 5.78 Å². The Kier molecular flexibility index (Phi) is 3.15. The third kappa shape index (κ3) is 1.61. The number of hydrogen-bond acceptors (Lipinski definition) is 3. The van der Waals surface area contributed by atoms with Gasteiger partial charge in [0.2, 0.25) is 0 Å². The van der Waals surface area contributed by atoms with Gasteiger partial charge in [-0.15, -0.1) is 0 Å². The van der Waals surface area contributed by atoms with E-state index < -0.39 is 11.0 Å². The van der Waals surface area contributed by atoms with Crippen LogP contribution in [0.25, 0.3) is 0 Å². The van der Waals surface area contributed by atoms with E-state index in [0.717, 1.165) is 51.4 Å². The highest BCUT2D eigenvalue weighted by Gasteiger charge is 2.64. The lowest BCUT2D eigenvalue weighted by molar-refractivity contribution is -0.198. The van der Waals surface area contributed by atoms with E-state index >= 15 is 0 Å². The van der Waals surface area contributed by atoms with E-state index in [2.05, 4.69) is 6.92 Å². The third-order valence-electron chi connectivity index (χ3n) is 8.33. The Balaban J connectivity index is 1.71. The second-order valence-corrected chi connectivity index (χ2v) is 8.76. The van der Waals surface area contributed by atoms with Gasteiger partial charge in [-0.2, -0.15) is 0 Å². The maximum atomic E-state index is 12.5. The summed E-state index contributed by atoms with van der Waals surface area (Å²) in [5.74, 6) is 1.79. The van der Waals surface area contributed by atoms with Crippen molar-refractivity contribution in [2.75, 3.05) is 0 Å². The van der Waals surface area contributed by atoms with Gasteiger partial charge >= 0.3 is 0 Å². The van der Waals surface area contributed by atoms with Crippen LogP contribution in [0.1, 0.15) is 71.1 Å². The average molecular weight is 303 g/mol. The number of carbonyl (C=O) groups is 1. The summed E-state index contributed by atoms with van der Waals surface area (Å²) in [6.45, 7) is 2.33. The van der Waals surface area contributed by atoms with Gasteiger partial charge in [0.05, 0.1) is 11.0 Å². The standard InChI is InChI=1S/C19H29NO2/c1-17-8-2-3-9-19(17,22)11-6-13-14(17)7-10-18(12-20)15(13)4-5-16(18)21/h12-15,20,22H,2-11H2,1H3/t13-,14+,15+,17-,18-,19+/m1/s1. The second kappa shape index (κ2) is 4.66. The highest BCUT2D eigenvalue weighted by molar-refractivity contribution is 6.01. The predicted octanol–water partition coefficient (Wildman–Crippen LogP) is 3.73. The maximum absolute atomic E-state index is 12.5. The monoisotopic (exact) mass is 303 g/mol. The highest BCUT2D eigenvalue weighted by atomic mass is 16.3. The van der Waals surface area contributed by atoms with Crippen LogP contribution in [0.2, 0.25) is 0 Å². The molecule has 122 valence electrons. The summed E-state index contributed by atoms with van der Waals surface area (Å²) < 4.78 is 0. The van der Waals surface area contributed by atoms with Gasteiger partial charge in [-0.1, -0.05) is 19.8 Å². The van der Waals surface area contributed by atoms with Crippen molar-refractivity contribution in [2.45, 2.75) is 76.7 Å². The van der Waals surface area contributed by atoms with Gasteiger partial charge in [-0.3, -0.25) is 4.79 Å². The van der Waals surface area contributed by atoms with E-state index in [1.807, 2.05) is 0 Å². The van der Waals surface area contributed by atoms with Crippen LogP contribution in [0.15, 0.2) is 0 Å². The molecule has 0 spiro atoms. The fourth-order valence-corrected chi connectivity index (χ4v) is 7.02. The summed E-state index contributed by atoms with van der Waals surface area (Å²) in [6.07, 6.45) is 11.5. The van der Waals surface area contributed by atoms with E-state index in [0.29, 0.717) is 30.0 Å². The number of carbonyl (C=O) groups excluding carboxylic acids is 1. The van der Waals surface area contributed by atoms with Crippen LogP contribution in [-0.2, 0) is 4.79 Å². The van der Waals surface area contributed by atoms with Crippen molar-refractivity contribution in [1.29, 1.82) is 5.41 Å². The molecule has 0 aromatic carbocycles. The van der Waals surface area contributed by atoms with Gasteiger partial charge in [-0.05, 0) is 68.1 Å². The topological polar surface area (TPSA) is 61.1 Å². The molecule has 2 N–H and O–H groups in total. The van der Waals surface area contributed by atoms with E-state index in [9.17, 15) is 9.90 Å². The summed E-state index contributed by atoms with van der Waals surface area (Å²) >= 11 is 0. The Morgan fingerprint density at radius 2 is 1.86 bits per heavy atom. The van der Waals surface area contributed by atoms with Gasteiger partial charge in [0.25, 0.3) is 0 Å². The minimum absolute atomic E-state index is 0.0357. The molecule has 0 saturated heterocycles. The highest BCUT2D eigenvalue weighted by Crippen LogP contribution is 2.66. The van der Waals surface area contributed by atoms with Crippen molar-refractivity contribution < 1.29 is 9.90 Å².